The third-order valence-electron chi connectivity index (χ3n) is 10.4. The molecule has 0 saturated heterocycles. The van der Waals surface area contributed by atoms with Gasteiger partial charge < -0.3 is 34.6 Å². The number of carbonyl (C=O) groups excluding carboxylic acids is 2. The Hall–Kier alpha value is -4.65. The van der Waals surface area contributed by atoms with Crippen molar-refractivity contribution in [2.75, 3.05) is 19.7 Å². The number of amides is 2. The molecule has 2 amide bonds. The highest BCUT2D eigenvalue weighted by Crippen LogP contribution is 2.43. The van der Waals surface area contributed by atoms with Crippen LogP contribution in [-0.4, -0.2) is 84.4 Å². The van der Waals surface area contributed by atoms with E-state index in [0.29, 0.717) is 12.0 Å². The number of hydrogen-bond donors (Lipinski definition) is 3. The van der Waals surface area contributed by atoms with Crippen LogP contribution in [0, 0.1) is 0 Å². The summed E-state index contributed by atoms with van der Waals surface area (Å²) in [5.41, 5.74) is 3.38. The van der Waals surface area contributed by atoms with E-state index in [0.717, 1.165) is 21.6 Å². The number of hydrazine groups is 1. The Balaban J connectivity index is 1.54. The van der Waals surface area contributed by atoms with Crippen molar-refractivity contribution in [2.45, 2.75) is 103 Å². The Kier molecular flexibility index (Phi) is 12.3. The van der Waals surface area contributed by atoms with Gasteiger partial charge in [0.15, 0.2) is 5.54 Å². The number of alkyl carbamates (subject to hydrolysis) is 1. The lowest BCUT2D eigenvalue weighted by atomic mass is 9.82. The Morgan fingerprint density at radius 3 is 1.98 bits per heavy atom. The topological polar surface area (TPSA) is 130 Å². The van der Waals surface area contributed by atoms with E-state index in [-0.39, 0.29) is 43.8 Å². The van der Waals surface area contributed by atoms with E-state index in [4.69, 9.17) is 13.9 Å². The summed E-state index contributed by atoms with van der Waals surface area (Å²) >= 11 is 0. The molecule has 2 heterocycles. The molecule has 11 nitrogen and oxygen atoms in total. The number of carboxylic acids is 1. The maximum absolute atomic E-state index is 13.7. The van der Waals surface area contributed by atoms with Crippen LogP contribution in [0.2, 0.25) is 5.04 Å². The van der Waals surface area contributed by atoms with Crippen LogP contribution in [0.25, 0.3) is 0 Å². The summed E-state index contributed by atoms with van der Waals surface area (Å²) in [5, 5.41) is 17.7. The zero-order valence-corrected chi connectivity index (χ0v) is 33.8. The molecular weight excluding hydrogens is 701 g/mol. The molecular formula is C42H56N4O7Si. The number of nitrogens with one attached hydrogen (secondary N) is 2. The lowest BCUT2D eigenvalue weighted by molar-refractivity contribution is -0.152. The number of rotatable bonds is 12. The normalized spacial score (nSPS) is 19.8. The number of carbonyl (C=O) groups is 3. The number of benzene rings is 3. The van der Waals surface area contributed by atoms with Crippen LogP contribution < -0.4 is 21.1 Å². The van der Waals surface area contributed by atoms with Crippen LogP contribution in [0.15, 0.2) is 102 Å². The highest BCUT2D eigenvalue weighted by Gasteiger charge is 2.58. The van der Waals surface area contributed by atoms with E-state index < -0.39 is 43.7 Å². The van der Waals surface area contributed by atoms with Gasteiger partial charge in [0.05, 0.1) is 12.6 Å². The fraction of sp³-hybridized carbons (Fsp3) is 0.452. The van der Waals surface area contributed by atoms with Crippen molar-refractivity contribution < 1.29 is 33.4 Å². The summed E-state index contributed by atoms with van der Waals surface area (Å²) in [7, 11) is -3.09. The summed E-state index contributed by atoms with van der Waals surface area (Å²) in [6, 6.07) is 28.9. The molecule has 2 aliphatic rings. The highest BCUT2D eigenvalue weighted by atomic mass is 28.4. The van der Waals surface area contributed by atoms with Crippen LogP contribution in [0.4, 0.5) is 9.59 Å². The third kappa shape index (κ3) is 8.35. The Labute approximate surface area is 320 Å². The first-order valence-corrected chi connectivity index (χ1v) is 20.7. The van der Waals surface area contributed by atoms with Crippen molar-refractivity contribution in [1.82, 2.24) is 20.7 Å². The van der Waals surface area contributed by atoms with Gasteiger partial charge in [0.1, 0.15) is 12.2 Å². The van der Waals surface area contributed by atoms with Gasteiger partial charge in [0, 0.05) is 36.8 Å². The van der Waals surface area contributed by atoms with E-state index in [1.54, 1.807) is 9.91 Å². The van der Waals surface area contributed by atoms with Gasteiger partial charge in [0.25, 0.3) is 8.32 Å². The maximum Gasteiger partial charge on any atom is 0.410 e. The van der Waals surface area contributed by atoms with E-state index in [1.807, 2.05) is 101 Å². The van der Waals surface area contributed by atoms with E-state index >= 15 is 0 Å². The molecule has 290 valence electrons. The summed E-state index contributed by atoms with van der Waals surface area (Å²) in [6.45, 7) is 16.0. The average molecular weight is 757 g/mol. The third-order valence-corrected chi connectivity index (χ3v) is 15.4. The molecule has 3 atom stereocenters. The molecule has 2 aliphatic heterocycles. The van der Waals surface area contributed by atoms with Gasteiger partial charge in [-0.2, -0.15) is 5.01 Å². The molecule has 0 aromatic heterocycles. The zero-order chi connectivity index (χ0) is 39.3. The second-order valence-electron chi connectivity index (χ2n) is 16.2. The van der Waals surface area contributed by atoms with Gasteiger partial charge in [-0.1, -0.05) is 119 Å². The van der Waals surface area contributed by atoms with Crippen LogP contribution in [-0.2, 0) is 25.3 Å². The average Bonchev–Trinajstić information content (AvgIpc) is 3.45. The SMILES string of the molecule is CCC1(C(=O)O)C2=C(C[C@@H](C)N(C(=O)OC(C)(C)C)C2)NN1C(CNC(=O)OCc1ccccc1)CO[Si](c1ccccc1)(c1ccccc1)C(C)(C)C. The van der Waals surface area contributed by atoms with Gasteiger partial charge in [-0.15, -0.1) is 0 Å². The molecule has 5 rings (SSSR count). The molecule has 3 aromatic carbocycles. The molecule has 0 spiro atoms. The number of aliphatic carboxylic acids is 1. The van der Waals surface area contributed by atoms with Crippen LogP contribution in [0.5, 0.6) is 0 Å². The molecule has 0 radical (unpaired) electrons. The maximum atomic E-state index is 13.7. The van der Waals surface area contributed by atoms with Gasteiger partial charge in [-0.3, -0.25) is 0 Å². The summed E-state index contributed by atoms with van der Waals surface area (Å²) < 4.78 is 18.7. The first-order valence-electron chi connectivity index (χ1n) is 18.7. The molecule has 0 fully saturated rings. The molecule has 54 heavy (non-hydrogen) atoms. The van der Waals surface area contributed by atoms with Crippen molar-refractivity contribution in [3.05, 3.63) is 108 Å². The minimum atomic E-state index is -3.09. The van der Waals surface area contributed by atoms with Gasteiger partial charge in [-0.25, -0.2) is 14.4 Å². The Bertz CT molecular complexity index is 1750. The van der Waals surface area contributed by atoms with Crippen LogP contribution >= 0.6 is 0 Å². The standard InChI is InChI=1S/C42H56N4O7Si/c1-9-42(37(47)48)35-27-45(39(50)53-40(3,4)5)30(2)25-36(35)44-46(42)32(26-43-38(49)51-28-31-19-13-10-14-20-31)29-52-54(41(6,7)8,33-21-15-11-16-22-33)34-23-17-12-18-24-34/h10-24,30,32,44H,9,25-29H2,1-8H3,(H,43,49)(H,47,48)/t30-,32?,42?/m1/s1. The van der Waals surface area contributed by atoms with E-state index in [9.17, 15) is 19.5 Å². The number of hydrogen-bond acceptors (Lipinski definition) is 8. The van der Waals surface area contributed by atoms with Crippen molar-refractivity contribution in [3.8, 4) is 0 Å². The van der Waals surface area contributed by atoms with Crippen molar-refractivity contribution in [2.24, 2.45) is 0 Å². The predicted octanol–water partition coefficient (Wildman–Crippen LogP) is 6.20. The molecule has 2 unspecified atom stereocenters. The van der Waals surface area contributed by atoms with Crippen LogP contribution in [0.1, 0.15) is 73.8 Å². The van der Waals surface area contributed by atoms with E-state index in [2.05, 4.69) is 55.8 Å². The smallest absolute Gasteiger partial charge is 0.410 e. The molecule has 0 bridgehead atoms. The second kappa shape index (κ2) is 16.4. The Morgan fingerprint density at radius 1 is 0.926 bits per heavy atom. The summed E-state index contributed by atoms with van der Waals surface area (Å²) in [6.07, 6.45) is -0.550. The molecule has 3 N–H and O–H groups in total. The number of carboxylic acid groups (broad SMARTS) is 1. The summed E-state index contributed by atoms with van der Waals surface area (Å²) in [4.78, 5) is 42.0. The number of nitrogens with zero attached hydrogens (tertiary/aromatic N) is 2. The van der Waals surface area contributed by atoms with Crippen molar-refractivity contribution >= 4 is 36.8 Å². The largest absolute Gasteiger partial charge is 0.480 e. The minimum Gasteiger partial charge on any atom is -0.480 e. The zero-order valence-electron chi connectivity index (χ0n) is 32.8. The first kappa shape index (κ1) is 40.5. The molecule has 3 aromatic rings. The fourth-order valence-corrected chi connectivity index (χ4v) is 12.3. The minimum absolute atomic E-state index is 0.0136. The lowest BCUT2D eigenvalue weighted by Crippen LogP contribution is -2.69. The van der Waals surface area contributed by atoms with E-state index in [1.165, 1.54) is 0 Å². The fourth-order valence-electron chi connectivity index (χ4n) is 7.75. The van der Waals surface area contributed by atoms with Gasteiger partial charge in [0.2, 0.25) is 0 Å². The van der Waals surface area contributed by atoms with Crippen molar-refractivity contribution in [3.63, 3.8) is 0 Å². The quantitative estimate of drug-likeness (QED) is 0.185. The van der Waals surface area contributed by atoms with Crippen molar-refractivity contribution in [1.29, 1.82) is 0 Å². The van der Waals surface area contributed by atoms with Gasteiger partial charge >= 0.3 is 18.2 Å². The predicted molar refractivity (Wildman–Crippen MR) is 212 cm³/mol. The lowest BCUT2D eigenvalue weighted by Gasteiger charge is -2.46. The first-order chi connectivity index (χ1) is 25.5. The molecule has 12 heteroatoms. The second-order valence-corrected chi connectivity index (χ2v) is 20.5. The highest BCUT2D eigenvalue weighted by molar-refractivity contribution is 6.99. The Morgan fingerprint density at radius 2 is 1.48 bits per heavy atom. The monoisotopic (exact) mass is 756 g/mol. The van der Waals surface area contributed by atoms with Crippen LogP contribution in [0.3, 0.4) is 0 Å². The summed E-state index contributed by atoms with van der Waals surface area (Å²) in [5.74, 6) is -1.07. The molecule has 0 saturated carbocycles. The number of ether oxygens (including phenoxy) is 2. The van der Waals surface area contributed by atoms with Gasteiger partial charge in [-0.05, 0) is 55.1 Å². The molecule has 0 aliphatic carbocycles.